The number of halogens is 1. The van der Waals surface area contributed by atoms with Crippen LogP contribution in [0, 0.1) is 5.82 Å². The summed E-state index contributed by atoms with van der Waals surface area (Å²) in [5, 5.41) is 3.75. The maximum absolute atomic E-state index is 13.2. The highest BCUT2D eigenvalue weighted by molar-refractivity contribution is 5.85. The van der Waals surface area contributed by atoms with E-state index in [-0.39, 0.29) is 11.9 Å². The lowest BCUT2D eigenvalue weighted by Crippen LogP contribution is -2.23. The maximum Gasteiger partial charge on any atom is 0.207 e. The fraction of sp³-hybridized carbons (Fsp3) is 0.308. The zero-order valence-corrected chi connectivity index (χ0v) is 9.29. The van der Waals surface area contributed by atoms with Crippen molar-refractivity contribution in [2.75, 3.05) is 0 Å². The Balaban J connectivity index is 2.18. The van der Waals surface area contributed by atoms with Crippen LogP contribution in [0.4, 0.5) is 4.39 Å². The summed E-state index contributed by atoms with van der Waals surface area (Å²) in [5.74, 6) is -0.218. The molecule has 1 aliphatic rings. The summed E-state index contributed by atoms with van der Waals surface area (Å²) in [7, 11) is 0. The number of nitrogens with one attached hydrogen (secondary N) is 2. The SMILES string of the molecule is O=CN[C@H]1CCCc2c1[nH]c1ccc(F)cc21. The lowest BCUT2D eigenvalue weighted by atomic mass is 9.92. The van der Waals surface area contributed by atoms with Crippen molar-refractivity contribution in [3.63, 3.8) is 0 Å². The Morgan fingerprint density at radius 3 is 3.18 bits per heavy atom. The molecule has 1 aliphatic carbocycles. The number of aryl methyl sites for hydroxylation is 1. The second kappa shape index (κ2) is 3.87. The standard InChI is InChI=1S/C13H13FN2O/c14-8-4-5-11-10(6-8)9-2-1-3-12(15-7-17)13(9)16-11/h4-7,12,16H,1-3H2,(H,15,17)/t12-/m0/s1. The van der Waals surface area contributed by atoms with Crippen molar-refractivity contribution >= 4 is 17.3 Å². The van der Waals surface area contributed by atoms with Crippen molar-refractivity contribution in [3.05, 3.63) is 35.3 Å². The quantitative estimate of drug-likeness (QED) is 0.767. The van der Waals surface area contributed by atoms with Crippen LogP contribution in [0.5, 0.6) is 0 Å². The highest BCUT2D eigenvalue weighted by atomic mass is 19.1. The third kappa shape index (κ3) is 1.60. The summed E-state index contributed by atoms with van der Waals surface area (Å²) in [6.07, 6.45) is 3.62. The third-order valence-electron chi connectivity index (χ3n) is 3.44. The number of carbonyl (C=O) groups excluding carboxylic acids is 1. The zero-order chi connectivity index (χ0) is 11.8. The number of rotatable bonds is 2. The molecule has 17 heavy (non-hydrogen) atoms. The summed E-state index contributed by atoms with van der Waals surface area (Å²) in [5.41, 5.74) is 3.12. The van der Waals surface area contributed by atoms with Crippen LogP contribution in [0.1, 0.15) is 30.1 Å². The lowest BCUT2D eigenvalue weighted by Gasteiger charge is -2.21. The Morgan fingerprint density at radius 2 is 2.35 bits per heavy atom. The Hall–Kier alpha value is -1.84. The molecule has 1 atom stereocenters. The van der Waals surface area contributed by atoms with Gasteiger partial charge in [-0.2, -0.15) is 0 Å². The van der Waals surface area contributed by atoms with Crippen molar-refractivity contribution in [3.8, 4) is 0 Å². The molecule has 2 aromatic rings. The fourth-order valence-corrected chi connectivity index (χ4v) is 2.68. The number of H-pyrrole nitrogens is 1. The van der Waals surface area contributed by atoms with Crippen LogP contribution in [0.3, 0.4) is 0 Å². The summed E-state index contributed by atoms with van der Waals surface area (Å²) >= 11 is 0. The van der Waals surface area contributed by atoms with E-state index in [0.29, 0.717) is 0 Å². The van der Waals surface area contributed by atoms with Crippen LogP contribution in [-0.4, -0.2) is 11.4 Å². The average molecular weight is 232 g/mol. The Bertz CT molecular complexity index is 576. The van der Waals surface area contributed by atoms with E-state index in [0.717, 1.165) is 47.8 Å². The first-order valence-electron chi connectivity index (χ1n) is 5.79. The molecule has 4 heteroatoms. The Labute approximate surface area is 98.0 Å². The van der Waals surface area contributed by atoms with Crippen molar-refractivity contribution in [1.29, 1.82) is 0 Å². The molecule has 1 heterocycles. The molecule has 3 rings (SSSR count). The Morgan fingerprint density at radius 1 is 1.47 bits per heavy atom. The minimum absolute atomic E-state index is 0.0340. The second-order valence-corrected chi connectivity index (χ2v) is 4.44. The average Bonchev–Trinajstić information content (AvgIpc) is 2.69. The van der Waals surface area contributed by atoms with Gasteiger partial charge < -0.3 is 10.3 Å². The predicted octanol–water partition coefficient (Wildman–Crippen LogP) is 2.43. The van der Waals surface area contributed by atoms with E-state index < -0.39 is 0 Å². The molecule has 2 N–H and O–H groups in total. The third-order valence-corrected chi connectivity index (χ3v) is 3.44. The number of amides is 1. The first-order chi connectivity index (χ1) is 8.29. The second-order valence-electron chi connectivity index (χ2n) is 4.44. The monoisotopic (exact) mass is 232 g/mol. The molecule has 0 saturated heterocycles. The number of fused-ring (bicyclic) bond motifs is 3. The lowest BCUT2D eigenvalue weighted by molar-refractivity contribution is -0.110. The minimum atomic E-state index is -0.218. The largest absolute Gasteiger partial charge is 0.356 e. The fourth-order valence-electron chi connectivity index (χ4n) is 2.68. The van der Waals surface area contributed by atoms with Gasteiger partial charge in [-0.1, -0.05) is 0 Å². The Kier molecular flexibility index (Phi) is 2.35. The van der Waals surface area contributed by atoms with E-state index in [2.05, 4.69) is 10.3 Å². The molecule has 0 bridgehead atoms. The van der Waals surface area contributed by atoms with Crippen LogP contribution in [-0.2, 0) is 11.2 Å². The molecule has 1 aromatic carbocycles. The van der Waals surface area contributed by atoms with E-state index >= 15 is 0 Å². The highest BCUT2D eigenvalue weighted by Crippen LogP contribution is 2.34. The number of hydrogen-bond acceptors (Lipinski definition) is 1. The summed E-state index contributed by atoms with van der Waals surface area (Å²) < 4.78 is 13.2. The van der Waals surface area contributed by atoms with Gasteiger partial charge in [-0.05, 0) is 43.0 Å². The van der Waals surface area contributed by atoms with Crippen molar-refractivity contribution in [1.82, 2.24) is 10.3 Å². The van der Waals surface area contributed by atoms with Crippen molar-refractivity contribution in [2.45, 2.75) is 25.3 Å². The molecule has 88 valence electrons. The maximum atomic E-state index is 13.2. The van der Waals surface area contributed by atoms with Crippen molar-refractivity contribution < 1.29 is 9.18 Å². The molecular formula is C13H13FN2O. The topological polar surface area (TPSA) is 44.9 Å². The highest BCUT2D eigenvalue weighted by Gasteiger charge is 2.23. The molecule has 0 unspecified atom stereocenters. The first kappa shape index (κ1) is 10.3. The van der Waals surface area contributed by atoms with Crippen LogP contribution in [0.2, 0.25) is 0 Å². The first-order valence-corrected chi connectivity index (χ1v) is 5.79. The normalized spacial score (nSPS) is 19.0. The van der Waals surface area contributed by atoms with Gasteiger partial charge in [0, 0.05) is 16.6 Å². The number of carbonyl (C=O) groups is 1. The van der Waals surface area contributed by atoms with Crippen LogP contribution in [0.25, 0.3) is 10.9 Å². The van der Waals surface area contributed by atoms with Gasteiger partial charge in [0.2, 0.25) is 6.41 Å². The molecule has 0 aliphatic heterocycles. The molecule has 0 radical (unpaired) electrons. The molecule has 0 fully saturated rings. The summed E-state index contributed by atoms with van der Waals surface area (Å²) in [6.45, 7) is 0. The van der Waals surface area contributed by atoms with Gasteiger partial charge in [-0.25, -0.2) is 4.39 Å². The molecular weight excluding hydrogens is 219 g/mol. The number of hydrogen-bond donors (Lipinski definition) is 2. The van der Waals surface area contributed by atoms with Crippen molar-refractivity contribution in [2.24, 2.45) is 0 Å². The van der Waals surface area contributed by atoms with Gasteiger partial charge in [0.25, 0.3) is 0 Å². The van der Waals surface area contributed by atoms with Gasteiger partial charge in [-0.15, -0.1) is 0 Å². The van der Waals surface area contributed by atoms with E-state index in [4.69, 9.17) is 0 Å². The number of aromatic amines is 1. The van der Waals surface area contributed by atoms with Crippen LogP contribution < -0.4 is 5.32 Å². The van der Waals surface area contributed by atoms with Gasteiger partial charge in [-0.3, -0.25) is 4.79 Å². The number of benzene rings is 1. The zero-order valence-electron chi connectivity index (χ0n) is 9.29. The molecule has 0 saturated carbocycles. The smallest absolute Gasteiger partial charge is 0.207 e. The predicted molar refractivity (Wildman–Crippen MR) is 63.1 cm³/mol. The van der Waals surface area contributed by atoms with Crippen LogP contribution in [0.15, 0.2) is 18.2 Å². The van der Waals surface area contributed by atoms with E-state index in [1.54, 1.807) is 12.1 Å². The van der Waals surface area contributed by atoms with Crippen LogP contribution >= 0.6 is 0 Å². The van der Waals surface area contributed by atoms with E-state index in [1.807, 2.05) is 0 Å². The number of aromatic nitrogens is 1. The minimum Gasteiger partial charge on any atom is -0.356 e. The van der Waals surface area contributed by atoms with E-state index in [9.17, 15) is 9.18 Å². The van der Waals surface area contributed by atoms with Gasteiger partial charge in [0.05, 0.1) is 6.04 Å². The summed E-state index contributed by atoms with van der Waals surface area (Å²) in [4.78, 5) is 13.9. The molecule has 3 nitrogen and oxygen atoms in total. The van der Waals surface area contributed by atoms with Gasteiger partial charge in [0.15, 0.2) is 0 Å². The van der Waals surface area contributed by atoms with Gasteiger partial charge in [0.1, 0.15) is 5.82 Å². The summed E-state index contributed by atoms with van der Waals surface area (Å²) in [6, 6.07) is 4.80. The molecule has 1 amide bonds. The molecule has 1 aromatic heterocycles. The molecule has 0 spiro atoms. The van der Waals surface area contributed by atoms with E-state index in [1.165, 1.54) is 6.07 Å². The van der Waals surface area contributed by atoms with Gasteiger partial charge >= 0.3 is 0 Å².